The molecule has 0 aromatic heterocycles. The lowest BCUT2D eigenvalue weighted by Gasteiger charge is -2.21. The first-order valence-electron chi connectivity index (χ1n) is 9.63. The lowest BCUT2D eigenvalue weighted by atomic mass is 10.1. The number of nitrogens with one attached hydrogen (secondary N) is 1. The highest BCUT2D eigenvalue weighted by atomic mass is 19.4. The monoisotopic (exact) mass is 433 g/mol. The lowest BCUT2D eigenvalue weighted by Crippen LogP contribution is -2.39. The van der Waals surface area contributed by atoms with Gasteiger partial charge in [0.15, 0.2) is 0 Å². The number of hydrogen-bond donors (Lipinski definition) is 1. The number of likely N-dealkylation sites (N-methyl/N-ethyl adjacent to an activating group) is 1. The van der Waals surface area contributed by atoms with Crippen LogP contribution in [0.1, 0.15) is 17.5 Å². The number of nitrogens with zero attached hydrogens (tertiary/aromatic N) is 2. The van der Waals surface area contributed by atoms with Crippen LogP contribution in [0, 0.1) is 12.8 Å². The van der Waals surface area contributed by atoms with E-state index in [1.807, 2.05) is 19.1 Å². The Morgan fingerprint density at radius 3 is 2.48 bits per heavy atom. The van der Waals surface area contributed by atoms with Crippen molar-refractivity contribution in [1.82, 2.24) is 4.90 Å². The molecule has 164 valence electrons. The number of aryl methyl sites for hydroxylation is 1. The van der Waals surface area contributed by atoms with E-state index in [0.29, 0.717) is 5.69 Å². The normalized spacial score (nSPS) is 16.4. The average Bonchev–Trinajstić information content (AvgIpc) is 3.10. The molecule has 1 aliphatic heterocycles. The van der Waals surface area contributed by atoms with Crippen LogP contribution in [0.5, 0.6) is 0 Å². The molecule has 3 rings (SSSR count). The smallest absolute Gasteiger partial charge is 0.336 e. The molecule has 0 bridgehead atoms. The van der Waals surface area contributed by atoms with Crippen LogP contribution in [0.3, 0.4) is 0 Å². The van der Waals surface area contributed by atoms with Crippen LogP contribution in [0.15, 0.2) is 48.5 Å². The van der Waals surface area contributed by atoms with Gasteiger partial charge in [0.05, 0.1) is 18.0 Å². The molecule has 1 fully saturated rings. The van der Waals surface area contributed by atoms with E-state index in [1.165, 1.54) is 29.0 Å². The van der Waals surface area contributed by atoms with Crippen LogP contribution >= 0.6 is 0 Å². The molecule has 1 N–H and O–H groups in total. The third-order valence-electron chi connectivity index (χ3n) is 5.05. The number of benzene rings is 2. The number of hydrogen-bond acceptors (Lipinski definition) is 3. The highest BCUT2D eigenvalue weighted by Crippen LogP contribution is 2.33. The van der Waals surface area contributed by atoms with Gasteiger partial charge in [-0.1, -0.05) is 23.8 Å². The highest BCUT2D eigenvalue weighted by molar-refractivity contribution is 6.01. The zero-order valence-electron chi connectivity index (χ0n) is 17.1. The van der Waals surface area contributed by atoms with Crippen molar-refractivity contribution in [2.24, 2.45) is 5.92 Å². The van der Waals surface area contributed by atoms with Crippen molar-refractivity contribution in [3.63, 3.8) is 0 Å². The molecule has 0 spiro atoms. The lowest BCUT2D eigenvalue weighted by molar-refractivity contribution is -0.137. The molecule has 0 saturated carbocycles. The van der Waals surface area contributed by atoms with E-state index in [2.05, 4.69) is 5.32 Å². The summed E-state index contributed by atoms with van der Waals surface area (Å²) in [6, 6.07) is 11.6. The van der Waals surface area contributed by atoms with Gasteiger partial charge in [-0.05, 0) is 37.3 Å². The molecule has 1 atom stereocenters. The average molecular weight is 433 g/mol. The molecule has 1 aliphatic rings. The quantitative estimate of drug-likeness (QED) is 0.785. The van der Waals surface area contributed by atoms with Gasteiger partial charge in [0.25, 0.3) is 0 Å². The Morgan fingerprint density at radius 2 is 1.84 bits per heavy atom. The van der Waals surface area contributed by atoms with Crippen LogP contribution in [0.4, 0.5) is 24.5 Å². The fraction of sp³-hybridized carbons (Fsp3) is 0.318. The zero-order valence-corrected chi connectivity index (χ0v) is 17.1. The molecule has 1 heterocycles. The largest absolute Gasteiger partial charge is 0.416 e. The Balaban J connectivity index is 1.61. The van der Waals surface area contributed by atoms with E-state index in [9.17, 15) is 27.6 Å². The molecule has 2 aromatic rings. The minimum atomic E-state index is -4.53. The van der Waals surface area contributed by atoms with E-state index in [-0.39, 0.29) is 25.2 Å². The summed E-state index contributed by atoms with van der Waals surface area (Å²) < 4.78 is 38.9. The van der Waals surface area contributed by atoms with Crippen LogP contribution in [-0.4, -0.2) is 42.8 Å². The first kappa shape index (κ1) is 22.3. The molecule has 9 heteroatoms. The Labute approximate surface area is 177 Å². The van der Waals surface area contributed by atoms with Gasteiger partial charge < -0.3 is 15.1 Å². The summed E-state index contributed by atoms with van der Waals surface area (Å²) in [6.07, 6.45) is -4.65. The predicted octanol–water partition coefficient (Wildman–Crippen LogP) is 3.46. The molecule has 31 heavy (non-hydrogen) atoms. The summed E-state index contributed by atoms with van der Waals surface area (Å²) in [6.45, 7) is 1.67. The van der Waals surface area contributed by atoms with E-state index in [1.54, 1.807) is 12.1 Å². The Hall–Kier alpha value is -3.36. The Morgan fingerprint density at radius 1 is 1.16 bits per heavy atom. The molecule has 1 unspecified atom stereocenters. The molecule has 6 nitrogen and oxygen atoms in total. The second kappa shape index (κ2) is 8.79. The first-order valence-corrected chi connectivity index (χ1v) is 9.63. The Bertz CT molecular complexity index is 989. The summed E-state index contributed by atoms with van der Waals surface area (Å²) in [4.78, 5) is 39.7. The topological polar surface area (TPSA) is 69.7 Å². The fourth-order valence-corrected chi connectivity index (χ4v) is 3.42. The van der Waals surface area contributed by atoms with E-state index >= 15 is 0 Å². The van der Waals surface area contributed by atoms with Gasteiger partial charge in [-0.25, -0.2) is 0 Å². The van der Waals surface area contributed by atoms with Gasteiger partial charge in [-0.3, -0.25) is 14.4 Å². The van der Waals surface area contributed by atoms with E-state index in [0.717, 1.165) is 17.7 Å². The number of halogens is 3. The van der Waals surface area contributed by atoms with Crippen molar-refractivity contribution < 1.29 is 27.6 Å². The van der Waals surface area contributed by atoms with Crippen molar-refractivity contribution in [1.29, 1.82) is 0 Å². The van der Waals surface area contributed by atoms with E-state index < -0.39 is 35.4 Å². The van der Waals surface area contributed by atoms with Crippen LogP contribution in [-0.2, 0) is 20.6 Å². The maximum absolute atomic E-state index is 13.0. The zero-order chi connectivity index (χ0) is 22.8. The second-order valence-corrected chi connectivity index (χ2v) is 7.56. The van der Waals surface area contributed by atoms with Gasteiger partial charge in [0.2, 0.25) is 17.7 Å². The van der Waals surface area contributed by atoms with Gasteiger partial charge >= 0.3 is 6.18 Å². The molecule has 2 aromatic carbocycles. The summed E-state index contributed by atoms with van der Waals surface area (Å²) in [5.74, 6) is -1.98. The summed E-state index contributed by atoms with van der Waals surface area (Å²) in [5, 5.41) is 2.69. The number of rotatable bonds is 5. The van der Waals surface area contributed by atoms with E-state index in [4.69, 9.17) is 0 Å². The summed E-state index contributed by atoms with van der Waals surface area (Å²) >= 11 is 0. The molecule has 0 aliphatic carbocycles. The fourth-order valence-electron chi connectivity index (χ4n) is 3.42. The SMILES string of the molecule is Cc1ccc(NC(=O)CN(C)C(=O)C2CC(=O)N(c3cccc(C(F)(F)F)c3)C2)cc1. The van der Waals surface area contributed by atoms with Crippen LogP contribution in [0.25, 0.3) is 0 Å². The number of amides is 3. The predicted molar refractivity (Wildman–Crippen MR) is 109 cm³/mol. The van der Waals surface area contributed by atoms with Crippen molar-refractivity contribution in [2.45, 2.75) is 19.5 Å². The van der Waals surface area contributed by atoms with Crippen molar-refractivity contribution in [2.75, 3.05) is 30.4 Å². The number of alkyl halides is 3. The van der Waals surface area contributed by atoms with Gasteiger partial charge in [0, 0.05) is 31.4 Å². The molecule has 3 amide bonds. The molecule has 0 radical (unpaired) electrons. The number of carbonyl (C=O) groups excluding carboxylic acids is 3. The van der Waals surface area contributed by atoms with Crippen molar-refractivity contribution in [3.8, 4) is 0 Å². The third-order valence-corrected chi connectivity index (χ3v) is 5.05. The second-order valence-electron chi connectivity index (χ2n) is 7.56. The first-order chi connectivity index (χ1) is 14.5. The summed E-state index contributed by atoms with van der Waals surface area (Å²) in [7, 11) is 1.45. The van der Waals surface area contributed by atoms with Gasteiger partial charge in [0.1, 0.15) is 0 Å². The van der Waals surface area contributed by atoms with Crippen molar-refractivity contribution >= 4 is 29.1 Å². The molecular weight excluding hydrogens is 411 g/mol. The van der Waals surface area contributed by atoms with Crippen LogP contribution in [0.2, 0.25) is 0 Å². The molecule has 1 saturated heterocycles. The molecular formula is C22H22F3N3O3. The summed E-state index contributed by atoms with van der Waals surface area (Å²) in [5.41, 5.74) is 0.872. The minimum absolute atomic E-state index is 0.0388. The highest BCUT2D eigenvalue weighted by Gasteiger charge is 2.38. The maximum atomic E-state index is 13.0. The van der Waals surface area contributed by atoms with Gasteiger partial charge in [-0.15, -0.1) is 0 Å². The standard InChI is InChI=1S/C22H22F3N3O3/c1-14-6-8-17(9-7-14)26-19(29)13-27(2)21(31)15-10-20(30)28(12-15)18-5-3-4-16(11-18)22(23,24)25/h3-9,11,15H,10,12-13H2,1-2H3,(H,26,29). The third kappa shape index (κ3) is 5.42. The number of carbonyl (C=O) groups is 3. The number of anilines is 2. The minimum Gasteiger partial charge on any atom is -0.336 e. The Kier molecular flexibility index (Phi) is 6.33. The van der Waals surface area contributed by atoms with Gasteiger partial charge in [-0.2, -0.15) is 13.2 Å². The van der Waals surface area contributed by atoms with Crippen molar-refractivity contribution in [3.05, 3.63) is 59.7 Å². The maximum Gasteiger partial charge on any atom is 0.416 e. The van der Waals surface area contributed by atoms with Crippen LogP contribution < -0.4 is 10.2 Å².